The van der Waals surface area contributed by atoms with Gasteiger partial charge in [-0.2, -0.15) is 0 Å². The van der Waals surface area contributed by atoms with Gasteiger partial charge in [0.1, 0.15) is 19.8 Å². The second-order valence-electron chi connectivity index (χ2n) is 22.7. The van der Waals surface area contributed by atoms with Gasteiger partial charge < -0.3 is 27.9 Å². The Morgan fingerprint density at radius 3 is 1.10 bits per heavy atom. The molecule has 0 aromatic carbocycles. The number of phosphoric acid groups is 1. The first-order valence-corrected chi connectivity index (χ1v) is 34.1. The minimum Gasteiger partial charge on any atom is -0.756 e. The second-order valence-corrected chi connectivity index (χ2v) is 24.2. The lowest BCUT2D eigenvalue weighted by atomic mass is 10.0. The zero-order valence-corrected chi connectivity index (χ0v) is 53.1. The molecule has 80 heavy (non-hydrogen) atoms. The minimum atomic E-state index is -4.66. The third-order valence-corrected chi connectivity index (χ3v) is 14.7. The van der Waals surface area contributed by atoms with Crippen molar-refractivity contribution in [2.24, 2.45) is 0 Å². The van der Waals surface area contributed by atoms with Crippen molar-refractivity contribution in [2.75, 3.05) is 47.5 Å². The Kier molecular flexibility index (Phi) is 57.8. The fraction of sp³-hybridized carbons (Fsp3) is 0.714. The third kappa shape index (κ3) is 63.8. The molecular weight excluding hydrogens is 1010 g/mol. The molecule has 0 amide bonds. The number of carbonyl (C=O) groups is 2. The fourth-order valence-electron chi connectivity index (χ4n) is 8.79. The lowest BCUT2D eigenvalue weighted by Crippen LogP contribution is -2.37. The van der Waals surface area contributed by atoms with Crippen LogP contribution in [0.2, 0.25) is 0 Å². The van der Waals surface area contributed by atoms with Crippen LogP contribution in [0.25, 0.3) is 0 Å². The van der Waals surface area contributed by atoms with E-state index in [4.69, 9.17) is 18.5 Å². The Labute approximate surface area is 493 Å². The van der Waals surface area contributed by atoms with Gasteiger partial charge in [-0.25, -0.2) is 0 Å². The van der Waals surface area contributed by atoms with Crippen LogP contribution in [0, 0.1) is 0 Å². The second kappa shape index (κ2) is 60.3. The van der Waals surface area contributed by atoms with Crippen LogP contribution in [-0.2, 0) is 32.7 Å². The van der Waals surface area contributed by atoms with Crippen molar-refractivity contribution in [3.8, 4) is 0 Å². The van der Waals surface area contributed by atoms with E-state index < -0.39 is 32.5 Å². The van der Waals surface area contributed by atoms with Gasteiger partial charge in [-0.15, -0.1) is 0 Å². The lowest BCUT2D eigenvalue weighted by Gasteiger charge is -2.28. The first kappa shape index (κ1) is 76.7. The molecule has 0 radical (unpaired) electrons. The van der Waals surface area contributed by atoms with Crippen LogP contribution in [0.15, 0.2) is 109 Å². The maximum atomic E-state index is 12.8. The molecule has 10 heteroatoms. The van der Waals surface area contributed by atoms with E-state index in [1.54, 1.807) is 0 Å². The summed E-state index contributed by atoms with van der Waals surface area (Å²) in [5, 5.41) is 0. The Hall–Kier alpha value is -3.33. The molecule has 0 aromatic rings. The number of allylic oxidation sites excluding steroid dienone is 18. The monoisotopic (exact) mass is 1140 g/mol. The quantitative estimate of drug-likeness (QED) is 0.0195. The zero-order chi connectivity index (χ0) is 58.4. The topological polar surface area (TPSA) is 111 Å². The molecule has 0 bridgehead atoms. The highest BCUT2D eigenvalue weighted by molar-refractivity contribution is 7.45. The highest BCUT2D eigenvalue weighted by Gasteiger charge is 2.22. The molecule has 0 aliphatic rings. The number of ether oxygens (including phenoxy) is 2. The van der Waals surface area contributed by atoms with Crippen LogP contribution in [-0.4, -0.2) is 70.0 Å². The molecule has 0 saturated carbocycles. The van der Waals surface area contributed by atoms with Crippen molar-refractivity contribution >= 4 is 19.8 Å². The molecule has 0 aliphatic carbocycles. The highest BCUT2D eigenvalue weighted by Crippen LogP contribution is 2.38. The van der Waals surface area contributed by atoms with Crippen LogP contribution >= 0.6 is 7.82 Å². The summed E-state index contributed by atoms with van der Waals surface area (Å²) in [5.74, 6) is -0.884. The van der Waals surface area contributed by atoms with Crippen molar-refractivity contribution < 1.29 is 42.1 Å². The van der Waals surface area contributed by atoms with Gasteiger partial charge in [0.15, 0.2) is 6.10 Å². The summed E-state index contributed by atoms with van der Waals surface area (Å²) in [6.07, 6.45) is 84.5. The SMILES string of the molecule is CC/C=C\C/C=C\C/C=C\C/C=C\C/C=C\C/C=C\C/C=C\C/C=C\CCCCC(=O)OC(COC(=O)CCCCCCCCCCCCCCCCCCC/C=C\CCCCCCCCCC)COP(=O)([O-])OCC[N+](C)(C)C. The number of carbonyl (C=O) groups excluding carboxylic acids is 2. The van der Waals surface area contributed by atoms with Crippen LogP contribution in [0.3, 0.4) is 0 Å². The molecule has 0 fully saturated rings. The number of nitrogens with zero attached hydrogens (tertiary/aromatic N) is 1. The van der Waals surface area contributed by atoms with Crippen molar-refractivity contribution in [3.63, 3.8) is 0 Å². The van der Waals surface area contributed by atoms with Crippen LogP contribution in [0.4, 0.5) is 0 Å². The first-order valence-electron chi connectivity index (χ1n) is 32.6. The summed E-state index contributed by atoms with van der Waals surface area (Å²) in [5.41, 5.74) is 0. The van der Waals surface area contributed by atoms with Crippen LogP contribution in [0.5, 0.6) is 0 Å². The van der Waals surface area contributed by atoms with E-state index in [0.717, 1.165) is 83.5 Å². The maximum absolute atomic E-state index is 12.8. The molecule has 0 aliphatic heterocycles. The van der Waals surface area contributed by atoms with Gasteiger partial charge in [-0.3, -0.25) is 14.2 Å². The maximum Gasteiger partial charge on any atom is 0.306 e. The van der Waals surface area contributed by atoms with Gasteiger partial charge in [0.05, 0.1) is 27.7 Å². The number of hydrogen-bond donors (Lipinski definition) is 0. The van der Waals surface area contributed by atoms with Gasteiger partial charge in [0, 0.05) is 12.8 Å². The average Bonchev–Trinajstić information content (AvgIpc) is 3.42. The molecule has 0 rings (SSSR count). The van der Waals surface area contributed by atoms with E-state index in [1.165, 1.54) is 154 Å². The van der Waals surface area contributed by atoms with Gasteiger partial charge >= 0.3 is 11.9 Å². The van der Waals surface area contributed by atoms with E-state index in [1.807, 2.05) is 21.1 Å². The first-order chi connectivity index (χ1) is 39.0. The molecule has 0 N–H and O–H groups in total. The van der Waals surface area contributed by atoms with Gasteiger partial charge in [0.2, 0.25) is 0 Å². The molecule has 0 spiro atoms. The molecule has 0 saturated heterocycles. The summed E-state index contributed by atoms with van der Waals surface area (Å²) in [6.45, 7) is 4.09. The predicted octanol–water partition coefficient (Wildman–Crippen LogP) is 20.3. The summed E-state index contributed by atoms with van der Waals surface area (Å²) < 4.78 is 34.2. The van der Waals surface area contributed by atoms with Gasteiger partial charge in [-0.05, 0) is 103 Å². The van der Waals surface area contributed by atoms with Gasteiger partial charge in [0.25, 0.3) is 7.82 Å². The molecule has 0 aromatic heterocycles. The van der Waals surface area contributed by atoms with Crippen molar-refractivity contribution in [3.05, 3.63) is 109 Å². The predicted molar refractivity (Wildman–Crippen MR) is 342 cm³/mol. The number of unbranched alkanes of at least 4 members (excludes halogenated alkanes) is 27. The number of likely N-dealkylation sites (N-methyl/N-ethyl adjacent to an activating group) is 1. The molecule has 2 unspecified atom stereocenters. The number of phosphoric ester groups is 1. The number of quaternary nitrogens is 1. The van der Waals surface area contributed by atoms with E-state index in [2.05, 4.69) is 123 Å². The number of hydrogen-bond acceptors (Lipinski definition) is 8. The summed E-state index contributed by atoms with van der Waals surface area (Å²) >= 11 is 0. The van der Waals surface area contributed by atoms with Crippen LogP contribution < -0.4 is 4.89 Å². The van der Waals surface area contributed by atoms with E-state index in [9.17, 15) is 19.0 Å². The zero-order valence-electron chi connectivity index (χ0n) is 52.2. The average molecular weight is 1140 g/mol. The van der Waals surface area contributed by atoms with Crippen molar-refractivity contribution in [1.82, 2.24) is 0 Å². The van der Waals surface area contributed by atoms with Crippen molar-refractivity contribution in [2.45, 2.75) is 277 Å². The smallest absolute Gasteiger partial charge is 0.306 e. The molecule has 0 heterocycles. The van der Waals surface area contributed by atoms with Crippen molar-refractivity contribution in [1.29, 1.82) is 0 Å². The largest absolute Gasteiger partial charge is 0.756 e. The molecular formula is C70H122NO8P. The molecule has 460 valence electrons. The van der Waals surface area contributed by atoms with E-state index >= 15 is 0 Å². The van der Waals surface area contributed by atoms with E-state index in [0.29, 0.717) is 17.4 Å². The highest BCUT2D eigenvalue weighted by atomic mass is 31.2. The van der Waals surface area contributed by atoms with Crippen LogP contribution in [0.1, 0.15) is 271 Å². The fourth-order valence-corrected chi connectivity index (χ4v) is 9.51. The molecule has 9 nitrogen and oxygen atoms in total. The Morgan fingerprint density at radius 2 is 0.713 bits per heavy atom. The Bertz CT molecular complexity index is 1720. The minimum absolute atomic E-state index is 0.0443. The Balaban J connectivity index is 4.18. The van der Waals surface area contributed by atoms with Gasteiger partial charge in [-0.1, -0.05) is 264 Å². The molecule has 2 atom stereocenters. The Morgan fingerprint density at radius 1 is 0.400 bits per heavy atom. The summed E-state index contributed by atoms with van der Waals surface area (Å²) in [4.78, 5) is 38.0. The summed E-state index contributed by atoms with van der Waals surface area (Å²) in [7, 11) is 1.13. The number of rotatable bonds is 59. The lowest BCUT2D eigenvalue weighted by molar-refractivity contribution is -0.870. The normalized spacial score (nSPS) is 13.9. The number of esters is 2. The van der Waals surface area contributed by atoms with E-state index in [-0.39, 0.29) is 26.1 Å². The standard InChI is InChI=1S/C70H122NO8P/c1-6-8-10-12-14-16-18-20-22-24-26-28-30-32-34-35-37-38-40-42-44-46-48-50-52-54-56-58-60-62-69(72)76-66-68(67-78-80(74,75)77-65-64-71(3,4)5)79-70(73)63-61-59-57-55-53-51-49-47-45-43-41-39-36-33-31-29-27-25-23-21-19-17-15-13-11-9-7-2/h9,11,15,17,21,23-24,26-27,29,33,36,41,43,47,49,53,55,68H,6-8,10,12-14,16,18-20,22,25,28,30-32,34-35,37-40,42,44-46,48,50-52,54,56-67H2,1-5H3/b11-9-,17-15-,23-21-,26-24-,29-27-,36-33-,43-41-,49-47-,55-53-. The summed E-state index contributed by atoms with van der Waals surface area (Å²) in [6, 6.07) is 0. The third-order valence-electron chi connectivity index (χ3n) is 13.8.